The number of nitrogens with zero attached hydrogens (tertiary/aromatic N) is 5. The lowest BCUT2D eigenvalue weighted by atomic mass is 10.0. The van der Waals surface area contributed by atoms with Gasteiger partial charge in [0, 0.05) is 35.9 Å². The SMILES string of the molecule is CCn1ncc2c1-c1cnc(N)c(c1)OC(C)c1cc(C)ccc1-n1nc(Cl)cc1C2. The minimum atomic E-state index is -0.278. The van der Waals surface area contributed by atoms with Crippen molar-refractivity contribution in [2.24, 2.45) is 0 Å². The second-order valence-electron chi connectivity index (χ2n) is 7.81. The molecule has 7 nitrogen and oxygen atoms in total. The van der Waals surface area contributed by atoms with Crippen LogP contribution < -0.4 is 10.5 Å². The number of hydrogen-bond donors (Lipinski definition) is 1. The largest absolute Gasteiger partial charge is 0.482 e. The van der Waals surface area contributed by atoms with Gasteiger partial charge in [-0.25, -0.2) is 9.67 Å². The lowest BCUT2D eigenvalue weighted by Crippen LogP contribution is -2.13. The predicted molar refractivity (Wildman–Crippen MR) is 121 cm³/mol. The molecule has 0 aliphatic carbocycles. The van der Waals surface area contributed by atoms with Crippen molar-refractivity contribution in [3.8, 4) is 22.7 Å². The smallest absolute Gasteiger partial charge is 0.166 e. The maximum atomic E-state index is 6.36. The Morgan fingerprint density at radius 1 is 1.23 bits per heavy atom. The summed E-state index contributed by atoms with van der Waals surface area (Å²) in [6, 6.07) is 10.1. The van der Waals surface area contributed by atoms with E-state index in [0.29, 0.717) is 23.1 Å². The Bertz CT molecular complexity index is 1290. The van der Waals surface area contributed by atoms with Crippen LogP contribution in [0.15, 0.2) is 42.7 Å². The number of fused-ring (bicyclic) bond motifs is 7. The highest BCUT2D eigenvalue weighted by molar-refractivity contribution is 6.29. The summed E-state index contributed by atoms with van der Waals surface area (Å²) in [6.07, 6.45) is 4.01. The molecule has 0 saturated heterocycles. The lowest BCUT2D eigenvalue weighted by Gasteiger charge is -2.22. The second kappa shape index (κ2) is 7.42. The minimum Gasteiger partial charge on any atom is -0.482 e. The van der Waals surface area contributed by atoms with Gasteiger partial charge in [0.25, 0.3) is 0 Å². The van der Waals surface area contributed by atoms with Crippen LogP contribution in [0.1, 0.15) is 42.3 Å². The van der Waals surface area contributed by atoms with Crippen molar-refractivity contribution in [3.63, 3.8) is 0 Å². The zero-order chi connectivity index (χ0) is 21.7. The molecule has 1 aliphatic rings. The monoisotopic (exact) mass is 434 g/mol. The average molecular weight is 435 g/mol. The van der Waals surface area contributed by atoms with Gasteiger partial charge in [-0.1, -0.05) is 29.3 Å². The van der Waals surface area contributed by atoms with Crippen molar-refractivity contribution in [1.29, 1.82) is 0 Å². The Morgan fingerprint density at radius 3 is 2.87 bits per heavy atom. The number of halogens is 1. The molecule has 1 aromatic carbocycles. The van der Waals surface area contributed by atoms with Crippen LogP contribution in [-0.4, -0.2) is 24.5 Å². The van der Waals surface area contributed by atoms with Crippen molar-refractivity contribution in [1.82, 2.24) is 24.5 Å². The number of aromatic nitrogens is 5. The fourth-order valence-electron chi connectivity index (χ4n) is 4.17. The van der Waals surface area contributed by atoms with Gasteiger partial charge in [-0.3, -0.25) is 4.68 Å². The van der Waals surface area contributed by atoms with Crippen molar-refractivity contribution >= 4 is 17.4 Å². The van der Waals surface area contributed by atoms with Gasteiger partial charge in [-0.15, -0.1) is 0 Å². The molecule has 8 heteroatoms. The van der Waals surface area contributed by atoms with Crippen molar-refractivity contribution < 1.29 is 4.74 Å². The van der Waals surface area contributed by atoms with Gasteiger partial charge >= 0.3 is 0 Å². The van der Waals surface area contributed by atoms with E-state index in [1.54, 1.807) is 6.20 Å². The van der Waals surface area contributed by atoms with Gasteiger partial charge in [-0.05, 0) is 39.0 Å². The molecule has 1 atom stereocenters. The Hall–Kier alpha value is -3.32. The standard InChI is InChI=1S/C23H23ClN6O/c1-4-29-22-15(12-27-29)8-17-10-21(24)28-30(17)19-6-5-13(2)7-18(19)14(3)31-20-9-16(22)11-26-23(20)25/h5-7,9-12,14H,4,8H2,1-3H3,(H2,25,26). The third-order valence-electron chi connectivity index (χ3n) is 5.65. The number of nitrogen functional groups attached to an aromatic ring is 1. The summed E-state index contributed by atoms with van der Waals surface area (Å²) in [5, 5.41) is 9.63. The zero-order valence-electron chi connectivity index (χ0n) is 17.6. The molecular weight excluding hydrogens is 412 g/mol. The van der Waals surface area contributed by atoms with Crippen molar-refractivity contribution in [2.45, 2.75) is 39.8 Å². The van der Waals surface area contributed by atoms with Crippen LogP contribution in [0.25, 0.3) is 16.9 Å². The first kappa shape index (κ1) is 19.6. The van der Waals surface area contributed by atoms with Gasteiger partial charge in [0.2, 0.25) is 0 Å². The number of benzene rings is 1. The first-order chi connectivity index (χ1) is 14.9. The van der Waals surface area contributed by atoms with Gasteiger partial charge < -0.3 is 10.5 Å². The topological polar surface area (TPSA) is 83.8 Å². The molecule has 5 rings (SSSR count). The molecule has 0 saturated carbocycles. The Balaban J connectivity index is 1.81. The van der Waals surface area contributed by atoms with Crippen LogP contribution >= 0.6 is 11.6 Å². The number of nitrogens with two attached hydrogens (primary N) is 1. The third-order valence-corrected chi connectivity index (χ3v) is 5.83. The summed E-state index contributed by atoms with van der Waals surface area (Å²) in [5.74, 6) is 0.903. The third kappa shape index (κ3) is 3.35. The van der Waals surface area contributed by atoms with E-state index in [1.807, 2.05) is 34.6 Å². The molecule has 2 bridgehead atoms. The molecule has 1 unspecified atom stereocenters. The summed E-state index contributed by atoms with van der Waals surface area (Å²) in [6.45, 7) is 6.85. The van der Waals surface area contributed by atoms with E-state index in [1.165, 1.54) is 0 Å². The summed E-state index contributed by atoms with van der Waals surface area (Å²) < 4.78 is 10.2. The molecule has 0 radical (unpaired) electrons. The van der Waals surface area contributed by atoms with Crippen LogP contribution in [0.5, 0.6) is 5.75 Å². The highest BCUT2D eigenvalue weighted by atomic mass is 35.5. The molecule has 1 aliphatic heterocycles. The fraction of sp³-hybridized carbons (Fsp3) is 0.261. The quantitative estimate of drug-likeness (QED) is 0.467. The highest BCUT2D eigenvalue weighted by Crippen LogP contribution is 2.36. The van der Waals surface area contributed by atoms with Crippen LogP contribution in [0.2, 0.25) is 5.15 Å². The zero-order valence-corrected chi connectivity index (χ0v) is 18.4. The number of rotatable bonds is 1. The van der Waals surface area contributed by atoms with Gasteiger partial charge in [0.1, 0.15) is 6.10 Å². The first-order valence-electron chi connectivity index (χ1n) is 10.3. The van der Waals surface area contributed by atoms with E-state index in [0.717, 1.165) is 45.9 Å². The van der Waals surface area contributed by atoms with Gasteiger partial charge in [0.05, 0.1) is 23.3 Å². The molecule has 0 amide bonds. The van der Waals surface area contributed by atoms with Crippen molar-refractivity contribution in [2.75, 3.05) is 5.73 Å². The van der Waals surface area contributed by atoms with E-state index >= 15 is 0 Å². The molecular formula is C23H23ClN6O. The molecule has 31 heavy (non-hydrogen) atoms. The maximum Gasteiger partial charge on any atom is 0.166 e. The fourth-order valence-corrected chi connectivity index (χ4v) is 4.37. The predicted octanol–water partition coefficient (Wildman–Crippen LogP) is 4.74. The molecule has 0 spiro atoms. The second-order valence-corrected chi connectivity index (χ2v) is 8.20. The minimum absolute atomic E-state index is 0.278. The summed E-state index contributed by atoms with van der Waals surface area (Å²) >= 11 is 6.36. The number of aryl methyl sites for hydroxylation is 2. The van der Waals surface area contributed by atoms with E-state index in [2.05, 4.69) is 47.2 Å². The molecule has 2 N–H and O–H groups in total. The van der Waals surface area contributed by atoms with Crippen molar-refractivity contribution in [3.05, 3.63) is 70.3 Å². The summed E-state index contributed by atoms with van der Waals surface area (Å²) in [4.78, 5) is 4.41. The number of ether oxygens (including phenoxy) is 1. The van der Waals surface area contributed by atoms with E-state index in [9.17, 15) is 0 Å². The van der Waals surface area contributed by atoms with Crippen LogP contribution in [0.3, 0.4) is 0 Å². The Kier molecular flexibility index (Phi) is 4.70. The molecule has 158 valence electrons. The van der Waals surface area contributed by atoms with Gasteiger partial charge in [0.15, 0.2) is 16.7 Å². The maximum absolute atomic E-state index is 6.36. The normalized spacial score (nSPS) is 15.2. The van der Waals surface area contributed by atoms with Crippen LogP contribution in [0, 0.1) is 6.92 Å². The molecule has 4 heterocycles. The lowest BCUT2D eigenvalue weighted by molar-refractivity contribution is 0.227. The van der Waals surface area contributed by atoms with Crippen LogP contribution in [0.4, 0.5) is 5.82 Å². The van der Waals surface area contributed by atoms with E-state index in [4.69, 9.17) is 22.1 Å². The highest BCUT2D eigenvalue weighted by Gasteiger charge is 2.23. The van der Waals surface area contributed by atoms with E-state index in [-0.39, 0.29) is 6.10 Å². The number of pyridine rings is 1. The molecule has 4 aromatic rings. The average Bonchev–Trinajstić information content (AvgIpc) is 3.32. The summed E-state index contributed by atoms with van der Waals surface area (Å²) in [7, 11) is 0. The Morgan fingerprint density at radius 2 is 2.06 bits per heavy atom. The van der Waals surface area contributed by atoms with E-state index < -0.39 is 0 Å². The first-order valence-corrected chi connectivity index (χ1v) is 10.6. The van der Waals surface area contributed by atoms with Crippen LogP contribution in [-0.2, 0) is 13.0 Å². The molecule has 3 aromatic heterocycles. The summed E-state index contributed by atoms with van der Waals surface area (Å²) in [5.41, 5.74) is 13.2. The Labute approximate surface area is 185 Å². The van der Waals surface area contributed by atoms with Gasteiger partial charge in [-0.2, -0.15) is 10.2 Å². The number of anilines is 1. The molecule has 0 fully saturated rings. The number of hydrogen-bond acceptors (Lipinski definition) is 5.